The van der Waals surface area contributed by atoms with E-state index in [0.717, 1.165) is 18.7 Å². The molecular formula is C27H32N4O4. The molecule has 0 radical (unpaired) electrons. The number of methoxy groups -OCH3 is 1. The molecule has 1 aliphatic heterocycles. The topological polar surface area (TPSA) is 97.6 Å². The lowest BCUT2D eigenvalue weighted by molar-refractivity contribution is -0.121. The Kier molecular flexibility index (Phi) is 7.31. The van der Waals surface area contributed by atoms with Gasteiger partial charge < -0.3 is 14.6 Å². The van der Waals surface area contributed by atoms with Gasteiger partial charge in [-0.1, -0.05) is 62.3 Å². The van der Waals surface area contributed by atoms with Crippen LogP contribution in [0.5, 0.6) is 0 Å². The van der Waals surface area contributed by atoms with Gasteiger partial charge in [-0.3, -0.25) is 9.69 Å². The van der Waals surface area contributed by atoms with E-state index in [-0.39, 0.29) is 17.2 Å². The first-order valence-electron chi connectivity index (χ1n) is 11.9. The van der Waals surface area contributed by atoms with Crippen molar-refractivity contribution in [3.05, 3.63) is 65.5 Å². The molecule has 1 saturated heterocycles. The molecule has 1 amide bonds. The summed E-state index contributed by atoms with van der Waals surface area (Å²) >= 11 is 0. The van der Waals surface area contributed by atoms with E-state index in [9.17, 15) is 9.59 Å². The van der Waals surface area contributed by atoms with Gasteiger partial charge in [0.15, 0.2) is 0 Å². The van der Waals surface area contributed by atoms with Crippen molar-refractivity contribution in [3.63, 3.8) is 0 Å². The lowest BCUT2D eigenvalue weighted by atomic mass is 9.87. The molecule has 0 unspecified atom stereocenters. The zero-order valence-electron chi connectivity index (χ0n) is 20.7. The van der Waals surface area contributed by atoms with Gasteiger partial charge in [0.25, 0.3) is 0 Å². The van der Waals surface area contributed by atoms with Crippen molar-refractivity contribution in [2.45, 2.75) is 45.6 Å². The highest BCUT2D eigenvalue weighted by molar-refractivity contribution is 6.01. The lowest BCUT2D eigenvalue weighted by Crippen LogP contribution is -2.38. The summed E-state index contributed by atoms with van der Waals surface area (Å²) in [6.45, 7) is 8.59. The predicted octanol–water partition coefficient (Wildman–Crippen LogP) is 4.67. The Hall–Kier alpha value is -3.52. The fraction of sp³-hybridized carbons (Fsp3) is 0.407. The second-order valence-electron chi connectivity index (χ2n) is 9.92. The number of anilines is 1. The van der Waals surface area contributed by atoms with Gasteiger partial charge in [0, 0.05) is 11.5 Å². The van der Waals surface area contributed by atoms with Crippen LogP contribution in [-0.2, 0) is 21.5 Å². The van der Waals surface area contributed by atoms with E-state index in [4.69, 9.17) is 9.26 Å². The Morgan fingerprint density at radius 3 is 2.43 bits per heavy atom. The van der Waals surface area contributed by atoms with Gasteiger partial charge in [0.05, 0.1) is 24.9 Å². The number of piperidine rings is 1. The van der Waals surface area contributed by atoms with Crippen LogP contribution in [0.15, 0.2) is 53.1 Å². The van der Waals surface area contributed by atoms with Crippen LogP contribution in [0.2, 0.25) is 0 Å². The summed E-state index contributed by atoms with van der Waals surface area (Å²) < 4.78 is 10.3. The SMILES string of the molecule is COC(=O)c1ccccc1NC(=O)C1CCN(Cc2nc(-c3ccc(C(C)(C)C)cc3)no2)CC1. The molecule has 1 aromatic heterocycles. The summed E-state index contributed by atoms with van der Waals surface area (Å²) in [6, 6.07) is 15.1. The molecular weight excluding hydrogens is 444 g/mol. The van der Waals surface area contributed by atoms with E-state index in [1.807, 2.05) is 12.1 Å². The second-order valence-corrected chi connectivity index (χ2v) is 9.92. The van der Waals surface area contributed by atoms with E-state index in [1.54, 1.807) is 24.3 Å². The quantitative estimate of drug-likeness (QED) is 0.516. The molecule has 0 spiro atoms. The van der Waals surface area contributed by atoms with E-state index in [2.05, 4.69) is 53.3 Å². The minimum Gasteiger partial charge on any atom is -0.465 e. The second kappa shape index (κ2) is 10.4. The van der Waals surface area contributed by atoms with Gasteiger partial charge in [0.1, 0.15) is 0 Å². The van der Waals surface area contributed by atoms with Crippen molar-refractivity contribution in [3.8, 4) is 11.4 Å². The van der Waals surface area contributed by atoms with Gasteiger partial charge in [-0.15, -0.1) is 0 Å². The maximum atomic E-state index is 12.8. The highest BCUT2D eigenvalue weighted by atomic mass is 16.5. The van der Waals surface area contributed by atoms with Gasteiger partial charge in [0.2, 0.25) is 17.6 Å². The fourth-order valence-electron chi connectivity index (χ4n) is 4.22. The number of carbonyl (C=O) groups excluding carboxylic acids is 2. The Morgan fingerprint density at radius 1 is 1.09 bits per heavy atom. The number of para-hydroxylation sites is 1. The monoisotopic (exact) mass is 476 g/mol. The molecule has 4 rings (SSSR count). The highest BCUT2D eigenvalue weighted by Gasteiger charge is 2.27. The standard InChI is InChI=1S/C27H32N4O4/c1-27(2,3)20-11-9-18(10-12-20)24-29-23(35-30-24)17-31-15-13-19(14-16-31)25(32)28-22-8-6-5-7-21(22)26(33)34-4/h5-12,19H,13-17H2,1-4H3,(H,28,32). The Labute approximate surface area is 205 Å². The molecule has 0 bridgehead atoms. The van der Waals surface area contributed by atoms with Gasteiger partial charge in [-0.2, -0.15) is 4.98 Å². The first-order valence-corrected chi connectivity index (χ1v) is 11.9. The van der Waals surface area contributed by atoms with Crippen LogP contribution in [0.3, 0.4) is 0 Å². The molecule has 0 atom stereocenters. The summed E-state index contributed by atoms with van der Waals surface area (Å²) in [6.07, 6.45) is 1.42. The molecule has 2 heterocycles. The molecule has 1 fully saturated rings. The molecule has 1 aliphatic rings. The number of amides is 1. The molecule has 0 saturated carbocycles. The number of nitrogens with one attached hydrogen (secondary N) is 1. The zero-order valence-corrected chi connectivity index (χ0v) is 20.7. The van der Waals surface area contributed by atoms with Gasteiger partial charge >= 0.3 is 5.97 Å². The molecule has 184 valence electrons. The van der Waals surface area contributed by atoms with E-state index < -0.39 is 5.97 Å². The van der Waals surface area contributed by atoms with Crippen molar-refractivity contribution >= 4 is 17.6 Å². The summed E-state index contributed by atoms with van der Waals surface area (Å²) in [5.74, 6) is 0.463. The fourth-order valence-corrected chi connectivity index (χ4v) is 4.22. The normalized spacial score (nSPS) is 15.1. The number of hydrogen-bond acceptors (Lipinski definition) is 7. The molecule has 0 aliphatic carbocycles. The summed E-state index contributed by atoms with van der Waals surface area (Å²) in [5.41, 5.74) is 3.09. The predicted molar refractivity (Wildman–Crippen MR) is 133 cm³/mol. The Bertz CT molecular complexity index is 1170. The van der Waals surface area contributed by atoms with E-state index in [0.29, 0.717) is 42.4 Å². The average Bonchev–Trinajstić information content (AvgIpc) is 3.32. The van der Waals surface area contributed by atoms with E-state index in [1.165, 1.54) is 12.7 Å². The molecule has 3 aromatic rings. The van der Waals surface area contributed by atoms with Crippen LogP contribution in [0.1, 0.15) is 55.4 Å². The van der Waals surface area contributed by atoms with Crippen molar-refractivity contribution in [1.29, 1.82) is 0 Å². The first kappa shape index (κ1) is 24.6. The van der Waals surface area contributed by atoms with Crippen molar-refractivity contribution in [2.75, 3.05) is 25.5 Å². The number of carbonyl (C=O) groups is 2. The van der Waals surface area contributed by atoms with Crippen LogP contribution < -0.4 is 5.32 Å². The zero-order chi connectivity index (χ0) is 25.0. The molecule has 1 N–H and O–H groups in total. The van der Waals surface area contributed by atoms with Crippen LogP contribution in [0.4, 0.5) is 5.69 Å². The largest absolute Gasteiger partial charge is 0.465 e. The third-order valence-electron chi connectivity index (χ3n) is 6.38. The smallest absolute Gasteiger partial charge is 0.339 e. The molecule has 8 nitrogen and oxygen atoms in total. The van der Waals surface area contributed by atoms with Gasteiger partial charge in [-0.25, -0.2) is 4.79 Å². The van der Waals surface area contributed by atoms with Crippen LogP contribution >= 0.6 is 0 Å². The number of esters is 1. The van der Waals surface area contributed by atoms with Crippen LogP contribution in [0.25, 0.3) is 11.4 Å². The number of benzene rings is 2. The Morgan fingerprint density at radius 2 is 1.77 bits per heavy atom. The lowest BCUT2D eigenvalue weighted by Gasteiger charge is -2.30. The third kappa shape index (κ3) is 5.95. The minimum absolute atomic E-state index is 0.0835. The number of likely N-dealkylation sites (tertiary alicyclic amines) is 1. The average molecular weight is 477 g/mol. The van der Waals surface area contributed by atoms with Crippen LogP contribution in [-0.4, -0.2) is 47.1 Å². The molecule has 35 heavy (non-hydrogen) atoms. The number of rotatable bonds is 6. The van der Waals surface area contributed by atoms with Crippen molar-refractivity contribution in [1.82, 2.24) is 15.0 Å². The van der Waals surface area contributed by atoms with Crippen molar-refractivity contribution in [2.24, 2.45) is 5.92 Å². The number of nitrogens with zero attached hydrogens (tertiary/aromatic N) is 3. The van der Waals surface area contributed by atoms with Crippen molar-refractivity contribution < 1.29 is 18.8 Å². The first-order chi connectivity index (χ1) is 16.7. The maximum absolute atomic E-state index is 12.8. The number of hydrogen-bond donors (Lipinski definition) is 1. The molecule has 2 aromatic carbocycles. The third-order valence-corrected chi connectivity index (χ3v) is 6.38. The Balaban J connectivity index is 1.30. The number of ether oxygens (including phenoxy) is 1. The minimum atomic E-state index is -0.472. The number of aromatic nitrogens is 2. The van der Waals surface area contributed by atoms with Crippen LogP contribution in [0, 0.1) is 5.92 Å². The molecule has 8 heteroatoms. The summed E-state index contributed by atoms with van der Waals surface area (Å²) in [7, 11) is 1.33. The summed E-state index contributed by atoms with van der Waals surface area (Å²) in [4.78, 5) is 31.6. The summed E-state index contributed by atoms with van der Waals surface area (Å²) in [5, 5.41) is 7.04. The van der Waals surface area contributed by atoms with Gasteiger partial charge in [-0.05, 0) is 49.0 Å². The maximum Gasteiger partial charge on any atom is 0.339 e. The highest BCUT2D eigenvalue weighted by Crippen LogP contribution is 2.26. The van der Waals surface area contributed by atoms with E-state index >= 15 is 0 Å².